The van der Waals surface area contributed by atoms with Gasteiger partial charge in [0.1, 0.15) is 17.1 Å². The molecule has 1 heterocycles. The molecule has 2 atom stereocenters. The molecule has 0 radical (unpaired) electrons. The van der Waals surface area contributed by atoms with Crippen LogP contribution >= 0.6 is 0 Å². The Morgan fingerprint density at radius 2 is 2.04 bits per heavy atom. The molecule has 23 heavy (non-hydrogen) atoms. The second-order valence-electron chi connectivity index (χ2n) is 6.42. The second kappa shape index (κ2) is 7.04. The summed E-state index contributed by atoms with van der Waals surface area (Å²) < 4.78 is 11.2. The number of nitrogens with one attached hydrogen (secondary N) is 1. The van der Waals surface area contributed by atoms with Gasteiger partial charge in [-0.3, -0.25) is 4.79 Å². The van der Waals surface area contributed by atoms with Crippen LogP contribution in [0.3, 0.4) is 0 Å². The zero-order valence-electron chi connectivity index (χ0n) is 14.5. The van der Waals surface area contributed by atoms with E-state index in [-0.39, 0.29) is 11.9 Å². The van der Waals surface area contributed by atoms with E-state index in [9.17, 15) is 4.79 Å². The number of methoxy groups -OCH3 is 1. The van der Waals surface area contributed by atoms with Gasteiger partial charge in [-0.1, -0.05) is 13.8 Å². The Morgan fingerprint density at radius 3 is 2.65 bits per heavy atom. The topological polar surface area (TPSA) is 77.5 Å². The maximum atomic E-state index is 12.2. The van der Waals surface area contributed by atoms with Crippen molar-refractivity contribution in [1.82, 2.24) is 5.32 Å². The number of hydrogen-bond acceptors (Lipinski definition) is 4. The molecule has 0 fully saturated rings. The van der Waals surface area contributed by atoms with Gasteiger partial charge in [-0.15, -0.1) is 0 Å². The van der Waals surface area contributed by atoms with Gasteiger partial charge in [-0.2, -0.15) is 0 Å². The summed E-state index contributed by atoms with van der Waals surface area (Å²) in [5.74, 6) is 1.76. The van der Waals surface area contributed by atoms with Crippen LogP contribution in [0.4, 0.5) is 0 Å². The minimum absolute atomic E-state index is 0.149. The molecule has 5 heteroatoms. The molecule has 1 aromatic carbocycles. The molecule has 0 spiro atoms. The number of carbonyl (C=O) groups excluding carboxylic acids is 1. The summed E-state index contributed by atoms with van der Waals surface area (Å²) in [6.07, 6.45) is 0.662. The number of fused-ring (bicyclic) bond motifs is 1. The van der Waals surface area contributed by atoms with E-state index in [0.29, 0.717) is 12.3 Å². The first-order chi connectivity index (χ1) is 10.8. The van der Waals surface area contributed by atoms with Crippen molar-refractivity contribution >= 4 is 16.9 Å². The summed E-state index contributed by atoms with van der Waals surface area (Å²) in [6.45, 7) is 7.99. The minimum Gasteiger partial charge on any atom is -0.497 e. The molecule has 0 aliphatic rings. The Kier molecular flexibility index (Phi) is 5.31. The molecule has 126 valence electrons. The highest BCUT2D eigenvalue weighted by molar-refractivity contribution is 5.85. The van der Waals surface area contributed by atoms with Crippen LogP contribution in [0.25, 0.3) is 11.0 Å². The first kappa shape index (κ1) is 17.3. The van der Waals surface area contributed by atoms with Gasteiger partial charge in [0.2, 0.25) is 5.91 Å². The molecule has 1 aromatic heterocycles. The van der Waals surface area contributed by atoms with Gasteiger partial charge in [0.25, 0.3) is 0 Å². The minimum atomic E-state index is -0.498. The predicted molar refractivity (Wildman–Crippen MR) is 91.5 cm³/mol. The van der Waals surface area contributed by atoms with E-state index in [2.05, 4.69) is 5.32 Å². The van der Waals surface area contributed by atoms with E-state index in [0.717, 1.165) is 28.0 Å². The lowest BCUT2D eigenvalue weighted by atomic mass is 10.0. The monoisotopic (exact) mass is 318 g/mol. The fraction of sp³-hybridized carbons (Fsp3) is 0.500. The zero-order valence-corrected chi connectivity index (χ0v) is 14.5. The largest absolute Gasteiger partial charge is 0.497 e. The fourth-order valence-corrected chi connectivity index (χ4v) is 2.76. The number of amides is 1. The van der Waals surface area contributed by atoms with Crippen molar-refractivity contribution in [2.75, 3.05) is 7.11 Å². The molecule has 3 N–H and O–H groups in total. The van der Waals surface area contributed by atoms with Crippen molar-refractivity contribution < 1.29 is 13.9 Å². The molecule has 0 saturated heterocycles. The Labute approximate surface area is 137 Å². The van der Waals surface area contributed by atoms with Gasteiger partial charge in [0.15, 0.2) is 0 Å². The molecule has 0 bridgehead atoms. The van der Waals surface area contributed by atoms with E-state index in [1.165, 1.54) is 0 Å². The third-order valence-corrected chi connectivity index (χ3v) is 3.99. The lowest BCUT2D eigenvalue weighted by molar-refractivity contribution is -0.123. The predicted octanol–water partition coefficient (Wildman–Crippen LogP) is 3.30. The Morgan fingerprint density at radius 1 is 1.35 bits per heavy atom. The average molecular weight is 318 g/mol. The van der Waals surface area contributed by atoms with Crippen LogP contribution in [0, 0.1) is 12.8 Å². The average Bonchev–Trinajstić information content (AvgIpc) is 2.83. The Bertz CT molecular complexity index is 691. The highest BCUT2D eigenvalue weighted by atomic mass is 16.5. The van der Waals surface area contributed by atoms with Crippen LogP contribution in [0.5, 0.6) is 5.75 Å². The third-order valence-electron chi connectivity index (χ3n) is 3.99. The highest BCUT2D eigenvalue weighted by Gasteiger charge is 2.22. The summed E-state index contributed by atoms with van der Waals surface area (Å²) in [4.78, 5) is 12.2. The fourth-order valence-electron chi connectivity index (χ4n) is 2.76. The maximum absolute atomic E-state index is 12.2. The lowest BCUT2D eigenvalue weighted by Gasteiger charge is -2.18. The van der Waals surface area contributed by atoms with Crippen LogP contribution in [-0.2, 0) is 4.79 Å². The normalized spacial score (nSPS) is 14.0. The molecule has 1 amide bonds. The highest BCUT2D eigenvalue weighted by Crippen LogP contribution is 2.31. The second-order valence-corrected chi connectivity index (χ2v) is 6.42. The van der Waals surface area contributed by atoms with E-state index in [4.69, 9.17) is 14.9 Å². The number of ether oxygens (including phenoxy) is 1. The van der Waals surface area contributed by atoms with Crippen LogP contribution in [0.1, 0.15) is 44.6 Å². The van der Waals surface area contributed by atoms with Gasteiger partial charge in [0.05, 0.1) is 19.2 Å². The first-order valence-electron chi connectivity index (χ1n) is 7.96. The molecule has 2 aromatic rings. The smallest absolute Gasteiger partial charge is 0.237 e. The van der Waals surface area contributed by atoms with Gasteiger partial charge in [-0.05, 0) is 44.4 Å². The first-order valence-corrected chi connectivity index (χ1v) is 7.96. The molecule has 0 aliphatic heterocycles. The Balaban J connectivity index is 2.19. The summed E-state index contributed by atoms with van der Waals surface area (Å²) in [5, 5.41) is 3.94. The maximum Gasteiger partial charge on any atom is 0.237 e. The summed E-state index contributed by atoms with van der Waals surface area (Å²) >= 11 is 0. The molecule has 0 saturated carbocycles. The van der Waals surface area contributed by atoms with Crippen molar-refractivity contribution in [3.63, 3.8) is 0 Å². The number of rotatable bonds is 6. The molecular weight excluding hydrogens is 292 g/mol. The molecule has 2 rings (SSSR count). The van der Waals surface area contributed by atoms with Crippen LogP contribution in [-0.4, -0.2) is 19.1 Å². The number of aryl methyl sites for hydroxylation is 1. The van der Waals surface area contributed by atoms with Crippen LogP contribution in [0.2, 0.25) is 0 Å². The summed E-state index contributed by atoms with van der Waals surface area (Å²) in [5.41, 5.74) is 7.72. The summed E-state index contributed by atoms with van der Waals surface area (Å²) in [6, 6.07) is 4.94. The van der Waals surface area contributed by atoms with Crippen molar-refractivity contribution in [2.24, 2.45) is 11.7 Å². The summed E-state index contributed by atoms with van der Waals surface area (Å²) in [7, 11) is 1.64. The van der Waals surface area contributed by atoms with Gasteiger partial charge in [0, 0.05) is 10.9 Å². The molecule has 5 nitrogen and oxygen atoms in total. The van der Waals surface area contributed by atoms with E-state index < -0.39 is 6.04 Å². The molecule has 0 aliphatic carbocycles. The van der Waals surface area contributed by atoms with Gasteiger partial charge >= 0.3 is 0 Å². The van der Waals surface area contributed by atoms with Gasteiger partial charge < -0.3 is 20.2 Å². The van der Waals surface area contributed by atoms with E-state index in [1.54, 1.807) is 7.11 Å². The zero-order chi connectivity index (χ0) is 17.1. The Hall–Kier alpha value is -2.01. The SMILES string of the molecule is COc1ccc2oc(C(C)NC(=O)[C@@H](N)CC(C)C)c(C)c2c1. The lowest BCUT2D eigenvalue weighted by Crippen LogP contribution is -2.42. The number of hydrogen-bond donors (Lipinski definition) is 2. The van der Waals surface area contributed by atoms with Crippen molar-refractivity contribution in [2.45, 2.75) is 46.2 Å². The number of furan rings is 1. The van der Waals surface area contributed by atoms with Crippen molar-refractivity contribution in [3.05, 3.63) is 29.5 Å². The van der Waals surface area contributed by atoms with Crippen LogP contribution in [0.15, 0.2) is 22.6 Å². The quantitative estimate of drug-likeness (QED) is 0.856. The number of carbonyl (C=O) groups is 1. The third kappa shape index (κ3) is 3.85. The number of nitrogens with two attached hydrogens (primary N) is 1. The van der Waals surface area contributed by atoms with Crippen LogP contribution < -0.4 is 15.8 Å². The van der Waals surface area contributed by atoms with Gasteiger partial charge in [-0.25, -0.2) is 0 Å². The molecule has 1 unspecified atom stereocenters. The standard InChI is InChI=1S/C18H26N2O3/c1-10(2)8-15(19)18(21)20-12(4)17-11(3)14-9-13(22-5)6-7-16(14)23-17/h6-7,9-10,12,15H,8,19H2,1-5H3,(H,20,21)/t12?,15-/m0/s1. The molecular formula is C18H26N2O3. The van der Waals surface area contributed by atoms with E-state index >= 15 is 0 Å². The number of benzene rings is 1. The van der Waals surface area contributed by atoms with E-state index in [1.807, 2.05) is 45.9 Å². The van der Waals surface area contributed by atoms with Crippen molar-refractivity contribution in [3.8, 4) is 5.75 Å². The van der Waals surface area contributed by atoms with Crippen molar-refractivity contribution in [1.29, 1.82) is 0 Å².